The van der Waals surface area contributed by atoms with Gasteiger partial charge in [0.05, 0.1) is 0 Å². The van der Waals surface area contributed by atoms with Gasteiger partial charge in [0, 0.05) is 7.11 Å². The van der Waals surface area contributed by atoms with Crippen LogP contribution in [0.5, 0.6) is 0 Å². The largest absolute Gasteiger partial charge is 0.400 e. The van der Waals surface area contributed by atoms with E-state index in [9.17, 15) is 0 Å². The number of aliphatic hydroxyl groups excluding tert-OH is 2. The Morgan fingerprint density at radius 2 is 1.60 bits per heavy atom. The molecule has 3 nitrogen and oxygen atoms in total. The van der Waals surface area contributed by atoms with Gasteiger partial charge in [0.1, 0.15) is 0 Å². The SMILES string of the molecule is CCCCCC(O)O.CO. The lowest BCUT2D eigenvalue weighted by Crippen LogP contribution is -2.02. The molecule has 0 atom stereocenters. The van der Waals surface area contributed by atoms with Gasteiger partial charge < -0.3 is 15.3 Å². The van der Waals surface area contributed by atoms with Crippen molar-refractivity contribution in [3.8, 4) is 0 Å². The summed E-state index contributed by atoms with van der Waals surface area (Å²) in [4.78, 5) is 0. The number of hydrogen-bond donors (Lipinski definition) is 3. The quantitative estimate of drug-likeness (QED) is 0.403. The summed E-state index contributed by atoms with van der Waals surface area (Å²) in [7, 11) is 1.00. The van der Waals surface area contributed by atoms with Crippen LogP contribution in [0.25, 0.3) is 0 Å². The molecule has 0 aromatic carbocycles. The highest BCUT2D eigenvalue weighted by molar-refractivity contribution is 4.40. The maximum absolute atomic E-state index is 8.33. The number of unbranched alkanes of at least 4 members (excludes halogenated alkanes) is 2. The second-order valence-electron chi connectivity index (χ2n) is 1.98. The molecule has 10 heavy (non-hydrogen) atoms. The molecule has 0 rings (SSSR count). The molecule has 0 aliphatic rings. The maximum atomic E-state index is 8.33. The van der Waals surface area contributed by atoms with Crippen LogP contribution in [0.15, 0.2) is 0 Å². The molecule has 0 bridgehead atoms. The van der Waals surface area contributed by atoms with Gasteiger partial charge in [-0.25, -0.2) is 0 Å². The van der Waals surface area contributed by atoms with Crippen LogP contribution in [0.1, 0.15) is 32.6 Å². The van der Waals surface area contributed by atoms with E-state index in [0.717, 1.165) is 26.4 Å². The summed E-state index contributed by atoms with van der Waals surface area (Å²) in [5, 5.41) is 23.7. The minimum absolute atomic E-state index is 0.522. The molecule has 64 valence electrons. The summed E-state index contributed by atoms with van der Waals surface area (Å²) < 4.78 is 0. The Balaban J connectivity index is 0. The highest BCUT2D eigenvalue weighted by Gasteiger charge is 1.93. The maximum Gasteiger partial charge on any atom is 0.151 e. The fourth-order valence-electron chi connectivity index (χ4n) is 0.577. The van der Waals surface area contributed by atoms with Crippen LogP contribution in [-0.4, -0.2) is 28.7 Å². The summed E-state index contributed by atoms with van der Waals surface area (Å²) in [5.41, 5.74) is 0. The molecule has 0 aromatic heterocycles. The lowest BCUT2D eigenvalue weighted by atomic mass is 10.2. The van der Waals surface area contributed by atoms with Crippen molar-refractivity contribution in [2.45, 2.75) is 38.9 Å². The molecule has 0 aromatic rings. The Labute approximate surface area is 62.3 Å². The first kappa shape index (κ1) is 12.5. The van der Waals surface area contributed by atoms with Gasteiger partial charge in [-0.2, -0.15) is 0 Å². The van der Waals surface area contributed by atoms with E-state index in [1.807, 2.05) is 0 Å². The van der Waals surface area contributed by atoms with Crippen LogP contribution < -0.4 is 0 Å². The lowest BCUT2D eigenvalue weighted by Gasteiger charge is -1.99. The summed E-state index contributed by atoms with van der Waals surface area (Å²) in [5.74, 6) is 0. The number of hydrogen-bond acceptors (Lipinski definition) is 3. The van der Waals surface area contributed by atoms with Gasteiger partial charge >= 0.3 is 0 Å². The van der Waals surface area contributed by atoms with Gasteiger partial charge in [-0.05, 0) is 12.8 Å². The number of aliphatic hydroxyl groups is 3. The molecule has 0 saturated heterocycles. The Hall–Kier alpha value is -0.120. The molecule has 0 amide bonds. The van der Waals surface area contributed by atoms with Gasteiger partial charge in [0.25, 0.3) is 0 Å². The van der Waals surface area contributed by atoms with Gasteiger partial charge in [-0.1, -0.05) is 19.8 Å². The zero-order valence-corrected chi connectivity index (χ0v) is 6.75. The highest BCUT2D eigenvalue weighted by Crippen LogP contribution is 1.99. The van der Waals surface area contributed by atoms with Crippen molar-refractivity contribution in [2.24, 2.45) is 0 Å². The predicted molar refractivity (Wildman–Crippen MR) is 40.5 cm³/mol. The van der Waals surface area contributed by atoms with Crippen molar-refractivity contribution < 1.29 is 15.3 Å². The third-order valence-corrected chi connectivity index (χ3v) is 1.07. The molecule has 0 aliphatic heterocycles. The topological polar surface area (TPSA) is 60.7 Å². The second kappa shape index (κ2) is 11.6. The van der Waals surface area contributed by atoms with Crippen molar-refractivity contribution in [1.82, 2.24) is 0 Å². The first-order valence-electron chi connectivity index (χ1n) is 3.58. The Morgan fingerprint density at radius 1 is 1.10 bits per heavy atom. The average molecular weight is 150 g/mol. The molecule has 0 aliphatic carbocycles. The second-order valence-corrected chi connectivity index (χ2v) is 1.98. The molecular weight excluding hydrogens is 132 g/mol. The first-order valence-corrected chi connectivity index (χ1v) is 3.58. The monoisotopic (exact) mass is 150 g/mol. The Kier molecular flexibility index (Phi) is 14.6. The average Bonchev–Trinajstić information content (AvgIpc) is 1.92. The van der Waals surface area contributed by atoms with Crippen molar-refractivity contribution in [3.05, 3.63) is 0 Å². The minimum Gasteiger partial charge on any atom is -0.400 e. The van der Waals surface area contributed by atoms with Crippen molar-refractivity contribution in [3.63, 3.8) is 0 Å². The fraction of sp³-hybridized carbons (Fsp3) is 1.00. The van der Waals surface area contributed by atoms with Crippen LogP contribution in [0.3, 0.4) is 0 Å². The van der Waals surface area contributed by atoms with Gasteiger partial charge in [0.2, 0.25) is 0 Å². The van der Waals surface area contributed by atoms with E-state index in [2.05, 4.69) is 6.92 Å². The summed E-state index contributed by atoms with van der Waals surface area (Å²) >= 11 is 0. The molecule has 0 fully saturated rings. The van der Waals surface area contributed by atoms with E-state index in [4.69, 9.17) is 15.3 Å². The fourth-order valence-corrected chi connectivity index (χ4v) is 0.577. The zero-order chi connectivity index (χ0) is 8.41. The standard InChI is InChI=1S/C6H14O2.CH4O/c1-2-3-4-5-6(7)8;1-2/h6-8H,2-5H2,1H3;2H,1H3. The molecule has 0 heterocycles. The van der Waals surface area contributed by atoms with Gasteiger partial charge in [-0.15, -0.1) is 0 Å². The van der Waals surface area contributed by atoms with Crippen LogP contribution >= 0.6 is 0 Å². The van der Waals surface area contributed by atoms with Crippen LogP contribution in [-0.2, 0) is 0 Å². The normalized spacial score (nSPS) is 9.00. The smallest absolute Gasteiger partial charge is 0.151 e. The molecule has 0 unspecified atom stereocenters. The van der Waals surface area contributed by atoms with Crippen molar-refractivity contribution >= 4 is 0 Å². The van der Waals surface area contributed by atoms with E-state index in [1.54, 1.807) is 0 Å². The summed E-state index contributed by atoms with van der Waals surface area (Å²) in [6, 6.07) is 0. The third-order valence-electron chi connectivity index (χ3n) is 1.07. The van der Waals surface area contributed by atoms with E-state index in [1.165, 1.54) is 0 Å². The van der Waals surface area contributed by atoms with Crippen molar-refractivity contribution in [1.29, 1.82) is 0 Å². The molecular formula is C7H18O3. The first-order chi connectivity index (χ1) is 4.77. The van der Waals surface area contributed by atoms with E-state index in [-0.39, 0.29) is 0 Å². The summed E-state index contributed by atoms with van der Waals surface area (Å²) in [6.07, 6.45) is 2.58. The van der Waals surface area contributed by atoms with Crippen LogP contribution in [0, 0.1) is 0 Å². The van der Waals surface area contributed by atoms with Crippen LogP contribution in [0.2, 0.25) is 0 Å². The predicted octanol–water partition coefficient (Wildman–Crippen LogP) is 0.486. The molecule has 0 spiro atoms. The molecule has 3 N–H and O–H groups in total. The number of rotatable bonds is 4. The Bertz CT molecular complexity index is 46.1. The van der Waals surface area contributed by atoms with E-state index >= 15 is 0 Å². The minimum atomic E-state index is -1.10. The zero-order valence-electron chi connectivity index (χ0n) is 6.75. The third kappa shape index (κ3) is 15.7. The molecule has 3 heteroatoms. The molecule has 0 radical (unpaired) electrons. The van der Waals surface area contributed by atoms with Crippen LogP contribution in [0.4, 0.5) is 0 Å². The van der Waals surface area contributed by atoms with Gasteiger partial charge in [-0.3, -0.25) is 0 Å². The van der Waals surface area contributed by atoms with E-state index in [0.29, 0.717) is 6.42 Å². The van der Waals surface area contributed by atoms with Gasteiger partial charge in [0.15, 0.2) is 6.29 Å². The van der Waals surface area contributed by atoms with E-state index < -0.39 is 6.29 Å². The molecule has 0 saturated carbocycles. The lowest BCUT2D eigenvalue weighted by molar-refractivity contribution is -0.0465. The summed E-state index contributed by atoms with van der Waals surface area (Å²) in [6.45, 7) is 2.09. The highest BCUT2D eigenvalue weighted by atomic mass is 16.5. The van der Waals surface area contributed by atoms with Crippen molar-refractivity contribution in [2.75, 3.05) is 7.11 Å². The Morgan fingerprint density at radius 3 is 1.90 bits per heavy atom.